The van der Waals surface area contributed by atoms with Gasteiger partial charge in [-0.3, -0.25) is 4.79 Å². The van der Waals surface area contributed by atoms with E-state index in [0.29, 0.717) is 18.4 Å². The summed E-state index contributed by atoms with van der Waals surface area (Å²) in [7, 11) is 3.70. The van der Waals surface area contributed by atoms with Crippen LogP contribution < -0.4 is 14.8 Å². The molecule has 1 aromatic carbocycles. The summed E-state index contributed by atoms with van der Waals surface area (Å²) in [6.45, 7) is 2.19. The smallest absolute Gasteiger partial charge is 0.174 e. The second-order valence-electron chi connectivity index (χ2n) is 6.73. The highest BCUT2D eigenvalue weighted by Gasteiger charge is 2.62. The lowest BCUT2D eigenvalue weighted by atomic mass is 9.54. The van der Waals surface area contributed by atoms with E-state index in [0.717, 1.165) is 30.8 Å². The Kier molecular flexibility index (Phi) is 3.02. The number of Topliss-reactive ketones (excluding diaryl/α,β-unsaturated/α-hetero) is 1. The van der Waals surface area contributed by atoms with Crippen LogP contribution in [0.2, 0.25) is 0 Å². The van der Waals surface area contributed by atoms with E-state index in [-0.39, 0.29) is 17.3 Å². The quantitative estimate of drug-likeness (QED) is 0.930. The Balaban J connectivity index is 2.00. The first-order chi connectivity index (χ1) is 10.7. The van der Waals surface area contributed by atoms with Gasteiger partial charge in [-0.2, -0.15) is 0 Å². The fraction of sp³-hybridized carbons (Fsp3) is 0.611. The molecule has 1 saturated carbocycles. The SMILES string of the molecule is CC[C@@]12c3c4ccc(OC)c3O[C@@H]1C(=O)CC[C@@H]2C(NC)C4. The molecule has 0 amide bonds. The van der Waals surface area contributed by atoms with Crippen molar-refractivity contribution in [3.63, 3.8) is 0 Å². The van der Waals surface area contributed by atoms with Gasteiger partial charge in [-0.05, 0) is 43.9 Å². The number of carbonyl (C=O) groups excluding carboxylic acids is 1. The van der Waals surface area contributed by atoms with E-state index in [4.69, 9.17) is 9.47 Å². The van der Waals surface area contributed by atoms with Gasteiger partial charge in [-0.15, -0.1) is 0 Å². The summed E-state index contributed by atoms with van der Waals surface area (Å²) in [6, 6.07) is 4.54. The van der Waals surface area contributed by atoms with Gasteiger partial charge in [-0.1, -0.05) is 13.0 Å². The standard InChI is InChI=1S/C18H23NO3/c1-4-18-11-6-7-13(20)17(18)22-16-14(21-3)8-5-10(15(16)18)9-12(11)19-2/h5,8,11-12,17,19H,4,6-7,9H2,1-3H3/t11-,12?,17-,18-/m1/s1. The molecule has 1 heterocycles. The molecule has 0 radical (unpaired) electrons. The van der Waals surface area contributed by atoms with Crippen molar-refractivity contribution >= 4 is 5.78 Å². The summed E-state index contributed by atoms with van der Waals surface area (Å²) < 4.78 is 11.7. The largest absolute Gasteiger partial charge is 0.493 e. The number of hydrogen-bond acceptors (Lipinski definition) is 4. The zero-order chi connectivity index (χ0) is 15.5. The monoisotopic (exact) mass is 301 g/mol. The Morgan fingerprint density at radius 1 is 1.45 bits per heavy atom. The van der Waals surface area contributed by atoms with E-state index in [9.17, 15) is 4.79 Å². The number of nitrogens with one attached hydrogen (secondary N) is 1. The molecule has 1 fully saturated rings. The molecule has 118 valence electrons. The molecule has 4 heteroatoms. The molecule has 0 aromatic heterocycles. The average molecular weight is 301 g/mol. The van der Waals surface area contributed by atoms with E-state index in [1.54, 1.807) is 7.11 Å². The van der Waals surface area contributed by atoms with Crippen molar-refractivity contribution < 1.29 is 14.3 Å². The molecule has 4 rings (SSSR count). The van der Waals surface area contributed by atoms with E-state index in [1.807, 2.05) is 13.1 Å². The summed E-state index contributed by atoms with van der Waals surface area (Å²) in [4.78, 5) is 12.6. The van der Waals surface area contributed by atoms with E-state index >= 15 is 0 Å². The van der Waals surface area contributed by atoms with Gasteiger partial charge in [0, 0.05) is 23.4 Å². The molecular weight excluding hydrogens is 278 g/mol. The Labute approximate surface area is 131 Å². The molecule has 0 bridgehead atoms. The van der Waals surface area contributed by atoms with Gasteiger partial charge in [0.15, 0.2) is 23.4 Å². The fourth-order valence-corrected chi connectivity index (χ4v) is 5.20. The van der Waals surface area contributed by atoms with Gasteiger partial charge >= 0.3 is 0 Å². The first-order valence-corrected chi connectivity index (χ1v) is 8.24. The first-order valence-electron chi connectivity index (χ1n) is 8.24. The van der Waals surface area contributed by atoms with Crippen molar-refractivity contribution in [3.8, 4) is 11.5 Å². The highest BCUT2D eigenvalue weighted by molar-refractivity contribution is 5.89. The Morgan fingerprint density at radius 3 is 2.95 bits per heavy atom. The van der Waals surface area contributed by atoms with Crippen LogP contribution in [0.1, 0.15) is 37.3 Å². The summed E-state index contributed by atoms with van der Waals surface area (Å²) in [5.41, 5.74) is 2.38. The van der Waals surface area contributed by atoms with Crippen LogP contribution in [0.25, 0.3) is 0 Å². The van der Waals surface area contributed by atoms with Crippen LogP contribution in [0, 0.1) is 5.92 Å². The molecule has 4 atom stereocenters. The Morgan fingerprint density at radius 2 is 2.27 bits per heavy atom. The molecule has 1 aliphatic heterocycles. The number of carbonyl (C=O) groups is 1. The van der Waals surface area contributed by atoms with Crippen molar-refractivity contribution in [1.29, 1.82) is 0 Å². The minimum atomic E-state index is -0.336. The number of rotatable bonds is 3. The van der Waals surface area contributed by atoms with Crippen molar-refractivity contribution in [2.75, 3.05) is 14.2 Å². The van der Waals surface area contributed by atoms with Gasteiger partial charge < -0.3 is 14.8 Å². The normalized spacial score (nSPS) is 35.0. The molecule has 1 aromatic rings. The zero-order valence-corrected chi connectivity index (χ0v) is 13.4. The van der Waals surface area contributed by atoms with Crippen molar-refractivity contribution in [1.82, 2.24) is 5.32 Å². The lowest BCUT2D eigenvalue weighted by Crippen LogP contribution is -2.60. The summed E-state index contributed by atoms with van der Waals surface area (Å²) >= 11 is 0. The van der Waals surface area contributed by atoms with Crippen molar-refractivity contribution in [2.24, 2.45) is 5.92 Å². The number of hydrogen-bond donors (Lipinski definition) is 1. The molecular formula is C18H23NO3. The second-order valence-corrected chi connectivity index (χ2v) is 6.73. The van der Waals surface area contributed by atoms with Gasteiger partial charge in [-0.25, -0.2) is 0 Å². The van der Waals surface area contributed by atoms with Crippen LogP contribution in [0.5, 0.6) is 11.5 Å². The maximum absolute atomic E-state index is 12.6. The van der Waals surface area contributed by atoms with Crippen LogP contribution in [0.4, 0.5) is 0 Å². The molecule has 0 spiro atoms. The van der Waals surface area contributed by atoms with Gasteiger partial charge in [0.25, 0.3) is 0 Å². The predicted octanol–water partition coefficient (Wildman–Crippen LogP) is 2.23. The maximum atomic E-state index is 12.6. The third kappa shape index (κ3) is 1.49. The number of methoxy groups -OCH3 is 1. The van der Waals surface area contributed by atoms with E-state index in [1.165, 1.54) is 11.1 Å². The lowest BCUT2D eigenvalue weighted by Gasteiger charge is -2.50. The second kappa shape index (κ2) is 4.72. The van der Waals surface area contributed by atoms with Gasteiger partial charge in [0.2, 0.25) is 0 Å². The lowest BCUT2D eigenvalue weighted by molar-refractivity contribution is -0.134. The number of ketones is 1. The topological polar surface area (TPSA) is 47.6 Å². The molecule has 0 saturated heterocycles. The maximum Gasteiger partial charge on any atom is 0.174 e. The molecule has 2 aliphatic carbocycles. The van der Waals surface area contributed by atoms with Crippen LogP contribution in [-0.2, 0) is 16.6 Å². The van der Waals surface area contributed by atoms with Crippen LogP contribution >= 0.6 is 0 Å². The van der Waals surface area contributed by atoms with Gasteiger partial charge in [0.1, 0.15) is 0 Å². The van der Waals surface area contributed by atoms with E-state index in [2.05, 4.69) is 18.3 Å². The van der Waals surface area contributed by atoms with Crippen molar-refractivity contribution in [2.45, 2.75) is 50.2 Å². The Hall–Kier alpha value is -1.55. The molecule has 1 unspecified atom stereocenters. The van der Waals surface area contributed by atoms with E-state index < -0.39 is 0 Å². The highest BCUT2D eigenvalue weighted by Crippen LogP contribution is 2.60. The third-order valence-corrected chi connectivity index (χ3v) is 6.13. The molecule has 3 aliphatic rings. The molecule has 4 nitrogen and oxygen atoms in total. The molecule has 22 heavy (non-hydrogen) atoms. The zero-order valence-electron chi connectivity index (χ0n) is 13.4. The predicted molar refractivity (Wildman–Crippen MR) is 83.7 cm³/mol. The highest BCUT2D eigenvalue weighted by atomic mass is 16.5. The summed E-state index contributed by atoms with van der Waals surface area (Å²) in [6.07, 6.45) is 3.17. The Bertz CT molecular complexity index is 641. The third-order valence-electron chi connectivity index (χ3n) is 6.13. The fourth-order valence-electron chi connectivity index (χ4n) is 5.20. The first kappa shape index (κ1) is 14.1. The van der Waals surface area contributed by atoms with Crippen LogP contribution in [0.15, 0.2) is 12.1 Å². The average Bonchev–Trinajstić information content (AvgIpc) is 2.92. The summed E-state index contributed by atoms with van der Waals surface area (Å²) in [5.74, 6) is 2.28. The van der Waals surface area contributed by atoms with Crippen molar-refractivity contribution in [3.05, 3.63) is 23.3 Å². The van der Waals surface area contributed by atoms with Gasteiger partial charge in [0.05, 0.1) is 7.11 Å². The minimum Gasteiger partial charge on any atom is -0.493 e. The van der Waals surface area contributed by atoms with Crippen LogP contribution in [0.3, 0.4) is 0 Å². The molecule has 1 N–H and O–H groups in total. The number of ether oxygens (including phenoxy) is 2. The number of likely N-dealkylation sites (N-methyl/N-ethyl adjacent to an activating group) is 1. The minimum absolute atomic E-state index is 0.180. The van der Waals surface area contributed by atoms with Crippen LogP contribution in [-0.4, -0.2) is 32.1 Å². The number of benzene rings is 1. The summed E-state index contributed by atoms with van der Waals surface area (Å²) in [5, 5.41) is 3.49.